The second-order valence-electron chi connectivity index (χ2n) is 6.21. The number of rotatable bonds is 4. The van der Waals surface area contributed by atoms with Gasteiger partial charge in [0.1, 0.15) is 17.2 Å². The Hall–Kier alpha value is -2.38. The van der Waals surface area contributed by atoms with Gasteiger partial charge in [-0.05, 0) is 18.4 Å². The Morgan fingerprint density at radius 3 is 2.60 bits per heavy atom. The second-order valence-corrected chi connectivity index (χ2v) is 6.59. The molecule has 0 aliphatic carbocycles. The fourth-order valence-corrected chi connectivity index (χ4v) is 3.11. The Morgan fingerprint density at radius 2 is 1.92 bits per heavy atom. The number of benzene rings is 1. The molecule has 0 unspecified atom stereocenters. The topological polar surface area (TPSA) is 110 Å². The summed E-state index contributed by atoms with van der Waals surface area (Å²) in [7, 11) is 0. The smallest absolute Gasteiger partial charge is 0.240 e. The standard InChI is InChI=1S/C17H21ClN6O/c18-13-14(19)22-11-23-15(13)24-8-6-17(20,7-9-24)16(25)21-10-12-4-2-1-3-5-12/h1-5,11H,6-10,20H2,(H,21,25)(H2,19,22,23). The zero-order valence-corrected chi connectivity index (χ0v) is 14.5. The van der Waals surface area contributed by atoms with E-state index in [2.05, 4.69) is 15.3 Å². The molecule has 2 aromatic rings. The van der Waals surface area contributed by atoms with Gasteiger partial charge < -0.3 is 21.7 Å². The number of anilines is 2. The normalized spacial score (nSPS) is 16.5. The van der Waals surface area contributed by atoms with Crippen molar-refractivity contribution in [2.75, 3.05) is 23.7 Å². The lowest BCUT2D eigenvalue weighted by Crippen LogP contribution is -2.59. The summed E-state index contributed by atoms with van der Waals surface area (Å²) < 4.78 is 0. The first-order chi connectivity index (χ1) is 12.0. The number of nitrogens with zero attached hydrogens (tertiary/aromatic N) is 3. The van der Waals surface area contributed by atoms with Crippen LogP contribution in [0.25, 0.3) is 0 Å². The summed E-state index contributed by atoms with van der Waals surface area (Å²) in [6.07, 6.45) is 2.40. The molecule has 1 aliphatic heterocycles. The van der Waals surface area contributed by atoms with Crippen molar-refractivity contribution in [2.45, 2.75) is 24.9 Å². The zero-order valence-electron chi connectivity index (χ0n) is 13.8. The molecular weight excluding hydrogens is 340 g/mol. The first-order valence-corrected chi connectivity index (χ1v) is 8.49. The van der Waals surface area contributed by atoms with Crippen LogP contribution >= 0.6 is 11.6 Å². The summed E-state index contributed by atoms with van der Waals surface area (Å²) >= 11 is 6.18. The Morgan fingerprint density at radius 1 is 1.24 bits per heavy atom. The molecule has 3 rings (SSSR count). The van der Waals surface area contributed by atoms with Crippen LogP contribution < -0.4 is 21.7 Å². The van der Waals surface area contributed by atoms with Crippen molar-refractivity contribution in [3.63, 3.8) is 0 Å². The molecule has 0 spiro atoms. The third kappa shape index (κ3) is 3.83. The zero-order chi connectivity index (χ0) is 17.9. The van der Waals surface area contributed by atoms with Crippen LogP contribution in [0.3, 0.4) is 0 Å². The number of amides is 1. The molecule has 132 valence electrons. The lowest BCUT2D eigenvalue weighted by atomic mass is 9.87. The van der Waals surface area contributed by atoms with Crippen molar-refractivity contribution in [3.8, 4) is 0 Å². The number of carbonyl (C=O) groups excluding carboxylic acids is 1. The van der Waals surface area contributed by atoms with Crippen molar-refractivity contribution in [1.82, 2.24) is 15.3 Å². The van der Waals surface area contributed by atoms with E-state index in [4.69, 9.17) is 23.1 Å². The van der Waals surface area contributed by atoms with Gasteiger partial charge in [0.2, 0.25) is 5.91 Å². The second kappa shape index (κ2) is 7.25. The largest absolute Gasteiger partial charge is 0.382 e. The minimum absolute atomic E-state index is 0.135. The van der Waals surface area contributed by atoms with E-state index in [1.54, 1.807) is 0 Å². The molecule has 2 heterocycles. The predicted octanol–water partition coefficient (Wildman–Crippen LogP) is 1.33. The van der Waals surface area contributed by atoms with Gasteiger partial charge in [-0.2, -0.15) is 0 Å². The van der Waals surface area contributed by atoms with E-state index in [0.29, 0.717) is 43.3 Å². The summed E-state index contributed by atoms with van der Waals surface area (Å²) in [5, 5.41) is 3.26. The number of aromatic nitrogens is 2. The molecule has 0 atom stereocenters. The highest BCUT2D eigenvalue weighted by atomic mass is 35.5. The fraction of sp³-hybridized carbons (Fsp3) is 0.353. The van der Waals surface area contributed by atoms with Gasteiger partial charge in [0.15, 0.2) is 5.82 Å². The highest BCUT2D eigenvalue weighted by molar-refractivity contribution is 6.35. The molecule has 0 radical (unpaired) electrons. The maximum Gasteiger partial charge on any atom is 0.240 e. The van der Waals surface area contributed by atoms with Crippen LogP contribution in [0.4, 0.5) is 11.6 Å². The van der Waals surface area contributed by atoms with E-state index >= 15 is 0 Å². The molecular formula is C17H21ClN6O. The molecule has 7 nitrogen and oxygen atoms in total. The van der Waals surface area contributed by atoms with Crippen LogP contribution in [0.1, 0.15) is 18.4 Å². The van der Waals surface area contributed by atoms with E-state index in [1.165, 1.54) is 6.33 Å². The Kier molecular flexibility index (Phi) is 5.06. The molecule has 1 aliphatic rings. The van der Waals surface area contributed by atoms with Gasteiger partial charge in [-0.15, -0.1) is 0 Å². The van der Waals surface area contributed by atoms with E-state index in [-0.39, 0.29) is 11.7 Å². The third-order valence-electron chi connectivity index (χ3n) is 4.50. The third-order valence-corrected chi connectivity index (χ3v) is 4.86. The molecule has 1 fully saturated rings. The van der Waals surface area contributed by atoms with Crippen LogP contribution in [-0.4, -0.2) is 34.5 Å². The number of nitrogen functional groups attached to an aromatic ring is 1. The molecule has 25 heavy (non-hydrogen) atoms. The number of nitrogens with two attached hydrogens (primary N) is 2. The summed E-state index contributed by atoms with van der Waals surface area (Å²) in [6, 6.07) is 9.75. The van der Waals surface area contributed by atoms with Crippen molar-refractivity contribution < 1.29 is 4.79 Å². The van der Waals surface area contributed by atoms with Gasteiger partial charge in [0.05, 0.1) is 5.54 Å². The minimum atomic E-state index is -0.893. The summed E-state index contributed by atoms with van der Waals surface area (Å²) in [6.45, 7) is 1.62. The maximum absolute atomic E-state index is 12.5. The number of hydrogen-bond donors (Lipinski definition) is 3. The number of halogens is 1. The van der Waals surface area contributed by atoms with Gasteiger partial charge in [-0.3, -0.25) is 4.79 Å². The first kappa shape index (κ1) is 17.4. The van der Waals surface area contributed by atoms with Gasteiger partial charge in [0, 0.05) is 19.6 Å². The Balaban J connectivity index is 1.60. The monoisotopic (exact) mass is 360 g/mol. The van der Waals surface area contributed by atoms with E-state index < -0.39 is 5.54 Å². The SMILES string of the molecule is Nc1ncnc(N2CCC(N)(C(=O)NCc3ccccc3)CC2)c1Cl. The number of nitrogens with one attached hydrogen (secondary N) is 1. The highest BCUT2D eigenvalue weighted by Crippen LogP contribution is 2.30. The first-order valence-electron chi connectivity index (χ1n) is 8.12. The van der Waals surface area contributed by atoms with Crippen molar-refractivity contribution in [2.24, 2.45) is 5.73 Å². The molecule has 1 saturated heterocycles. The average molecular weight is 361 g/mol. The van der Waals surface area contributed by atoms with E-state index in [1.807, 2.05) is 35.2 Å². The number of hydrogen-bond acceptors (Lipinski definition) is 6. The molecule has 1 amide bonds. The number of carbonyl (C=O) groups is 1. The van der Waals surface area contributed by atoms with Gasteiger partial charge in [-0.25, -0.2) is 9.97 Å². The van der Waals surface area contributed by atoms with Crippen LogP contribution in [0.5, 0.6) is 0 Å². The van der Waals surface area contributed by atoms with Crippen molar-refractivity contribution in [3.05, 3.63) is 47.2 Å². The van der Waals surface area contributed by atoms with Crippen molar-refractivity contribution >= 4 is 29.1 Å². The maximum atomic E-state index is 12.5. The quantitative estimate of drug-likeness (QED) is 0.758. The molecule has 0 bridgehead atoms. The van der Waals surface area contributed by atoms with Gasteiger partial charge >= 0.3 is 0 Å². The van der Waals surface area contributed by atoms with Crippen LogP contribution in [0.2, 0.25) is 5.02 Å². The van der Waals surface area contributed by atoms with Crippen LogP contribution in [0.15, 0.2) is 36.7 Å². The summed E-state index contributed by atoms with van der Waals surface area (Å²) in [4.78, 5) is 22.6. The minimum Gasteiger partial charge on any atom is -0.382 e. The Labute approximate surface area is 151 Å². The fourth-order valence-electron chi connectivity index (χ4n) is 2.89. The molecule has 0 saturated carbocycles. The number of piperidine rings is 1. The average Bonchev–Trinajstić information content (AvgIpc) is 2.64. The predicted molar refractivity (Wildman–Crippen MR) is 98.1 cm³/mol. The lowest BCUT2D eigenvalue weighted by Gasteiger charge is -2.38. The van der Waals surface area contributed by atoms with Crippen LogP contribution in [-0.2, 0) is 11.3 Å². The van der Waals surface area contributed by atoms with Crippen LogP contribution in [0, 0.1) is 0 Å². The lowest BCUT2D eigenvalue weighted by molar-refractivity contribution is -0.127. The van der Waals surface area contributed by atoms with Gasteiger partial charge in [-0.1, -0.05) is 41.9 Å². The Bertz CT molecular complexity index is 746. The summed E-state index contributed by atoms with van der Waals surface area (Å²) in [5.41, 5.74) is 12.2. The molecule has 5 N–H and O–H groups in total. The molecule has 1 aromatic carbocycles. The molecule has 1 aromatic heterocycles. The van der Waals surface area contributed by atoms with Gasteiger partial charge in [0.25, 0.3) is 0 Å². The van der Waals surface area contributed by atoms with E-state index in [9.17, 15) is 4.79 Å². The van der Waals surface area contributed by atoms with Crippen molar-refractivity contribution in [1.29, 1.82) is 0 Å². The summed E-state index contributed by atoms with van der Waals surface area (Å²) in [5.74, 6) is 0.696. The highest BCUT2D eigenvalue weighted by Gasteiger charge is 2.38. The molecule has 8 heteroatoms. The van der Waals surface area contributed by atoms with E-state index in [0.717, 1.165) is 5.56 Å².